The van der Waals surface area contributed by atoms with E-state index in [1.165, 1.54) is 0 Å². The van der Waals surface area contributed by atoms with Crippen molar-refractivity contribution in [3.63, 3.8) is 0 Å². The molecule has 0 bridgehead atoms. The Bertz CT molecular complexity index is 301. The lowest BCUT2D eigenvalue weighted by Gasteiger charge is -2.27. The van der Waals surface area contributed by atoms with Gasteiger partial charge in [-0.05, 0) is 31.6 Å². The number of carbonyl (C=O) groups excluding carboxylic acids is 1. The maximum atomic E-state index is 12.3. The van der Waals surface area contributed by atoms with Gasteiger partial charge in [-0.2, -0.15) is 0 Å². The number of rotatable bonds is 1. The number of aliphatic hydroxyl groups is 1. The van der Waals surface area contributed by atoms with Gasteiger partial charge in [0.2, 0.25) is 5.91 Å². The zero-order valence-corrected chi connectivity index (χ0v) is 10.2. The minimum atomic E-state index is -0.180. The number of carbonyl (C=O) groups is 1. The number of ether oxygens (including phenoxy) is 1. The fraction of sp³-hybridized carbons (Fsp3) is 0.923. The smallest absolute Gasteiger partial charge is 0.228 e. The van der Waals surface area contributed by atoms with Crippen molar-refractivity contribution in [3.05, 3.63) is 0 Å². The van der Waals surface area contributed by atoms with Crippen molar-refractivity contribution in [2.24, 2.45) is 17.8 Å². The van der Waals surface area contributed by atoms with Crippen LogP contribution in [0.4, 0.5) is 0 Å². The normalized spacial score (nSPS) is 41.6. The Kier molecular flexibility index (Phi) is 3.09. The molecule has 2 saturated heterocycles. The summed E-state index contributed by atoms with van der Waals surface area (Å²) in [5.74, 6) is 1.20. The molecular formula is C13H21NO3. The largest absolute Gasteiger partial charge is 0.393 e. The minimum Gasteiger partial charge on any atom is -0.393 e. The van der Waals surface area contributed by atoms with Crippen molar-refractivity contribution >= 4 is 5.91 Å². The minimum absolute atomic E-state index is 0.0692. The Morgan fingerprint density at radius 2 is 2.12 bits per heavy atom. The molecule has 4 unspecified atom stereocenters. The molecule has 4 atom stereocenters. The van der Waals surface area contributed by atoms with Gasteiger partial charge in [-0.15, -0.1) is 0 Å². The third kappa shape index (κ3) is 2.08. The lowest BCUT2D eigenvalue weighted by molar-refractivity contribution is -0.139. The first kappa shape index (κ1) is 11.5. The highest BCUT2D eigenvalue weighted by molar-refractivity contribution is 5.79. The van der Waals surface area contributed by atoms with Crippen LogP contribution in [0.15, 0.2) is 0 Å². The molecule has 4 nitrogen and oxygen atoms in total. The highest BCUT2D eigenvalue weighted by atomic mass is 16.5. The van der Waals surface area contributed by atoms with E-state index >= 15 is 0 Å². The second-order valence-corrected chi connectivity index (χ2v) is 5.73. The van der Waals surface area contributed by atoms with E-state index in [1.807, 2.05) is 4.90 Å². The molecule has 17 heavy (non-hydrogen) atoms. The van der Waals surface area contributed by atoms with Gasteiger partial charge in [0.05, 0.1) is 18.6 Å². The number of nitrogens with zero attached hydrogens (tertiary/aromatic N) is 1. The second-order valence-electron chi connectivity index (χ2n) is 5.73. The SMILES string of the molecule is O=C(C1CCCOC1)N1CC2CCC(O)C2C1. The summed E-state index contributed by atoms with van der Waals surface area (Å²) in [5, 5.41) is 9.85. The first-order chi connectivity index (χ1) is 8.25. The van der Waals surface area contributed by atoms with Crippen LogP contribution in [0.2, 0.25) is 0 Å². The van der Waals surface area contributed by atoms with Crippen LogP contribution in [0.25, 0.3) is 0 Å². The molecule has 2 aliphatic heterocycles. The monoisotopic (exact) mass is 239 g/mol. The summed E-state index contributed by atoms with van der Waals surface area (Å²) in [5.41, 5.74) is 0. The van der Waals surface area contributed by atoms with E-state index in [0.29, 0.717) is 18.4 Å². The van der Waals surface area contributed by atoms with E-state index in [4.69, 9.17) is 4.74 Å². The molecule has 2 heterocycles. The van der Waals surface area contributed by atoms with E-state index in [-0.39, 0.29) is 17.9 Å². The van der Waals surface area contributed by atoms with Gasteiger partial charge in [-0.3, -0.25) is 4.79 Å². The Labute approximate surface area is 102 Å². The molecular weight excluding hydrogens is 218 g/mol. The highest BCUT2D eigenvalue weighted by Crippen LogP contribution is 2.38. The van der Waals surface area contributed by atoms with E-state index in [9.17, 15) is 9.90 Å². The van der Waals surface area contributed by atoms with Gasteiger partial charge in [0.1, 0.15) is 0 Å². The van der Waals surface area contributed by atoms with Crippen molar-refractivity contribution in [2.75, 3.05) is 26.3 Å². The molecule has 0 spiro atoms. The fourth-order valence-electron chi connectivity index (χ4n) is 3.61. The number of aliphatic hydroxyl groups excluding tert-OH is 1. The summed E-state index contributed by atoms with van der Waals surface area (Å²) in [4.78, 5) is 14.3. The quantitative estimate of drug-likeness (QED) is 0.730. The van der Waals surface area contributed by atoms with Crippen LogP contribution < -0.4 is 0 Å². The molecule has 0 aromatic rings. The van der Waals surface area contributed by atoms with Crippen LogP contribution in [-0.2, 0) is 9.53 Å². The molecule has 0 aromatic heterocycles. The van der Waals surface area contributed by atoms with Gasteiger partial charge < -0.3 is 14.7 Å². The predicted molar refractivity (Wildman–Crippen MR) is 62.3 cm³/mol. The van der Waals surface area contributed by atoms with Gasteiger partial charge >= 0.3 is 0 Å². The molecule has 4 heteroatoms. The van der Waals surface area contributed by atoms with Crippen LogP contribution in [0.5, 0.6) is 0 Å². The Morgan fingerprint density at radius 1 is 1.24 bits per heavy atom. The molecule has 1 amide bonds. The maximum Gasteiger partial charge on any atom is 0.228 e. The van der Waals surface area contributed by atoms with Crippen molar-refractivity contribution in [3.8, 4) is 0 Å². The van der Waals surface area contributed by atoms with Crippen molar-refractivity contribution in [2.45, 2.75) is 31.8 Å². The van der Waals surface area contributed by atoms with Gasteiger partial charge in [0, 0.05) is 25.6 Å². The first-order valence-electron chi connectivity index (χ1n) is 6.80. The molecule has 3 aliphatic rings. The van der Waals surface area contributed by atoms with E-state index in [0.717, 1.165) is 45.4 Å². The van der Waals surface area contributed by atoms with Gasteiger partial charge in [0.15, 0.2) is 0 Å². The summed E-state index contributed by atoms with van der Waals surface area (Å²) in [7, 11) is 0. The fourth-order valence-corrected chi connectivity index (χ4v) is 3.61. The van der Waals surface area contributed by atoms with Crippen LogP contribution in [0.1, 0.15) is 25.7 Å². The van der Waals surface area contributed by atoms with Gasteiger partial charge in [-0.25, -0.2) is 0 Å². The summed E-state index contributed by atoms with van der Waals surface area (Å²) in [6.45, 7) is 3.01. The van der Waals surface area contributed by atoms with Crippen molar-refractivity contribution in [1.29, 1.82) is 0 Å². The molecule has 1 N–H and O–H groups in total. The molecule has 1 aliphatic carbocycles. The Balaban J connectivity index is 1.60. The summed E-state index contributed by atoms with van der Waals surface area (Å²) >= 11 is 0. The topological polar surface area (TPSA) is 49.8 Å². The zero-order chi connectivity index (χ0) is 11.8. The number of hydrogen-bond acceptors (Lipinski definition) is 3. The molecule has 0 aromatic carbocycles. The third-order valence-corrected chi connectivity index (χ3v) is 4.64. The average Bonchev–Trinajstić information content (AvgIpc) is 2.92. The number of likely N-dealkylation sites (tertiary alicyclic amines) is 1. The number of hydrogen-bond donors (Lipinski definition) is 1. The Hall–Kier alpha value is -0.610. The lowest BCUT2D eigenvalue weighted by atomic mass is 9.99. The molecule has 96 valence electrons. The second kappa shape index (κ2) is 4.58. The van der Waals surface area contributed by atoms with Crippen molar-refractivity contribution < 1.29 is 14.6 Å². The standard InChI is InChI=1S/C13H21NO3/c15-12-4-3-9-6-14(7-11(9)12)13(16)10-2-1-5-17-8-10/h9-12,15H,1-8H2. The van der Waals surface area contributed by atoms with Crippen LogP contribution in [0.3, 0.4) is 0 Å². The van der Waals surface area contributed by atoms with E-state index < -0.39 is 0 Å². The summed E-state index contributed by atoms with van der Waals surface area (Å²) < 4.78 is 5.38. The highest BCUT2D eigenvalue weighted by Gasteiger charge is 2.44. The number of fused-ring (bicyclic) bond motifs is 1. The Morgan fingerprint density at radius 3 is 2.82 bits per heavy atom. The van der Waals surface area contributed by atoms with Crippen LogP contribution in [-0.4, -0.2) is 48.3 Å². The molecule has 3 rings (SSSR count). The average molecular weight is 239 g/mol. The van der Waals surface area contributed by atoms with Gasteiger partial charge in [0.25, 0.3) is 0 Å². The third-order valence-electron chi connectivity index (χ3n) is 4.64. The van der Waals surface area contributed by atoms with Crippen LogP contribution in [0, 0.1) is 17.8 Å². The van der Waals surface area contributed by atoms with Crippen molar-refractivity contribution in [1.82, 2.24) is 4.90 Å². The van der Waals surface area contributed by atoms with Crippen LogP contribution >= 0.6 is 0 Å². The lowest BCUT2D eigenvalue weighted by Crippen LogP contribution is -2.39. The summed E-state index contributed by atoms with van der Waals surface area (Å²) in [6, 6.07) is 0. The predicted octanol–water partition coefficient (Wildman–Crippen LogP) is 0.642. The first-order valence-corrected chi connectivity index (χ1v) is 6.80. The van der Waals surface area contributed by atoms with Gasteiger partial charge in [-0.1, -0.05) is 0 Å². The molecule has 1 saturated carbocycles. The maximum absolute atomic E-state index is 12.3. The molecule has 3 fully saturated rings. The van der Waals surface area contributed by atoms with E-state index in [2.05, 4.69) is 0 Å². The number of amides is 1. The summed E-state index contributed by atoms with van der Waals surface area (Å²) in [6.07, 6.45) is 3.79. The molecule has 0 radical (unpaired) electrons. The van der Waals surface area contributed by atoms with E-state index in [1.54, 1.807) is 0 Å². The zero-order valence-electron chi connectivity index (χ0n) is 10.2.